The fourth-order valence-corrected chi connectivity index (χ4v) is 5.26. The number of nitrogen functional groups attached to an aromatic ring is 1. The Hall–Kier alpha value is -4.47. The largest absolute Gasteiger partial charge is 0.508 e. The van der Waals surface area contributed by atoms with Crippen molar-refractivity contribution in [2.75, 3.05) is 30.3 Å². The predicted molar refractivity (Wildman–Crippen MR) is 138 cm³/mol. The third-order valence-corrected chi connectivity index (χ3v) is 6.99. The van der Waals surface area contributed by atoms with Crippen LogP contribution in [0, 0.1) is 5.82 Å². The summed E-state index contributed by atoms with van der Waals surface area (Å²) < 4.78 is 15.9. The molecular formula is C27H26FN7O2. The molecule has 6 rings (SSSR count). The highest BCUT2D eigenvalue weighted by atomic mass is 19.1. The molecule has 0 aliphatic carbocycles. The van der Waals surface area contributed by atoms with Gasteiger partial charge in [-0.1, -0.05) is 18.2 Å². The molecule has 4 aromatic rings. The second-order valence-corrected chi connectivity index (χ2v) is 9.44. The van der Waals surface area contributed by atoms with Gasteiger partial charge < -0.3 is 20.6 Å². The van der Waals surface area contributed by atoms with Crippen LogP contribution < -0.4 is 10.6 Å². The molecule has 0 spiro atoms. The molecule has 2 aromatic carbocycles. The number of phenols is 1. The summed E-state index contributed by atoms with van der Waals surface area (Å²) in [5.74, 6) is -0.722. The highest BCUT2D eigenvalue weighted by molar-refractivity contribution is 6.02. The normalized spacial score (nSPS) is 17.6. The van der Waals surface area contributed by atoms with E-state index in [1.54, 1.807) is 15.7 Å². The monoisotopic (exact) mass is 499 g/mol. The molecule has 1 saturated heterocycles. The lowest BCUT2D eigenvalue weighted by Crippen LogP contribution is -2.40. The molecule has 2 aromatic heterocycles. The van der Waals surface area contributed by atoms with E-state index in [-0.39, 0.29) is 23.5 Å². The summed E-state index contributed by atoms with van der Waals surface area (Å²) in [6.07, 6.45) is 7.76. The fraction of sp³-hybridized carbons (Fsp3) is 0.259. The number of hydrogen-bond donors (Lipinski definition) is 2. The van der Waals surface area contributed by atoms with Gasteiger partial charge in [0, 0.05) is 49.2 Å². The lowest BCUT2D eigenvalue weighted by atomic mass is 9.97. The van der Waals surface area contributed by atoms with Crippen LogP contribution in [0.2, 0.25) is 0 Å². The van der Waals surface area contributed by atoms with Crippen LogP contribution in [0.3, 0.4) is 0 Å². The Morgan fingerprint density at radius 2 is 1.95 bits per heavy atom. The number of phenolic OH excluding ortho intramolecular Hbond substituents is 1. The molecule has 10 heteroatoms. The van der Waals surface area contributed by atoms with Crippen LogP contribution in [0.1, 0.15) is 24.4 Å². The molecule has 3 N–H and O–H groups in total. The number of carbonyl (C=O) groups excluding carboxylic acids is 1. The van der Waals surface area contributed by atoms with Crippen molar-refractivity contribution in [3.05, 3.63) is 72.4 Å². The molecule has 1 amide bonds. The molecule has 1 unspecified atom stereocenters. The maximum absolute atomic E-state index is 14.2. The molecule has 4 heterocycles. The van der Waals surface area contributed by atoms with E-state index >= 15 is 0 Å². The van der Waals surface area contributed by atoms with Crippen LogP contribution in [0.5, 0.6) is 5.75 Å². The number of aromatic nitrogens is 4. The number of para-hydroxylation sites is 1. The lowest BCUT2D eigenvalue weighted by Gasteiger charge is -2.34. The van der Waals surface area contributed by atoms with E-state index in [1.165, 1.54) is 18.5 Å². The van der Waals surface area contributed by atoms with Crippen molar-refractivity contribution >= 4 is 28.4 Å². The summed E-state index contributed by atoms with van der Waals surface area (Å²) in [6, 6.07) is 11.3. The van der Waals surface area contributed by atoms with Gasteiger partial charge in [0.15, 0.2) is 5.65 Å². The number of benzene rings is 2. The SMILES string of the molecule is Nc1ncnc2c1c(-c1cc(O)cc(F)c1)nn2C1Cc2ccccc2N(C(=O)C=CN2CCCC2)C1. The van der Waals surface area contributed by atoms with Gasteiger partial charge >= 0.3 is 0 Å². The van der Waals surface area contributed by atoms with Crippen molar-refractivity contribution in [3.8, 4) is 17.0 Å². The summed E-state index contributed by atoms with van der Waals surface area (Å²) in [5.41, 5.74) is 9.32. The average Bonchev–Trinajstić information content (AvgIpc) is 3.55. The van der Waals surface area contributed by atoms with E-state index in [1.807, 2.05) is 30.5 Å². The molecule has 9 nitrogen and oxygen atoms in total. The Morgan fingerprint density at radius 3 is 2.76 bits per heavy atom. The fourth-order valence-electron chi connectivity index (χ4n) is 5.26. The van der Waals surface area contributed by atoms with E-state index in [9.17, 15) is 14.3 Å². The van der Waals surface area contributed by atoms with E-state index in [4.69, 9.17) is 10.8 Å². The van der Waals surface area contributed by atoms with Gasteiger partial charge in [-0.25, -0.2) is 19.0 Å². The molecule has 188 valence electrons. The van der Waals surface area contributed by atoms with Gasteiger partial charge in [-0.15, -0.1) is 0 Å². The van der Waals surface area contributed by atoms with Gasteiger partial charge in [-0.2, -0.15) is 5.10 Å². The maximum Gasteiger partial charge on any atom is 0.252 e. The molecule has 37 heavy (non-hydrogen) atoms. The number of halogens is 1. The predicted octanol–water partition coefficient (Wildman–Crippen LogP) is 3.66. The third-order valence-electron chi connectivity index (χ3n) is 6.99. The number of nitrogens with zero attached hydrogens (tertiary/aromatic N) is 6. The first kappa shape index (κ1) is 23.0. The van der Waals surface area contributed by atoms with Crippen molar-refractivity contribution in [2.24, 2.45) is 0 Å². The number of amides is 1. The van der Waals surface area contributed by atoms with E-state index in [0.717, 1.165) is 43.2 Å². The van der Waals surface area contributed by atoms with Gasteiger partial charge in [0.2, 0.25) is 0 Å². The molecule has 0 radical (unpaired) electrons. The zero-order chi connectivity index (χ0) is 25.5. The van der Waals surface area contributed by atoms with Gasteiger partial charge in [-0.05, 0) is 43.0 Å². The summed E-state index contributed by atoms with van der Waals surface area (Å²) in [7, 11) is 0. The third kappa shape index (κ3) is 4.24. The molecule has 0 saturated carbocycles. The summed E-state index contributed by atoms with van der Waals surface area (Å²) in [5, 5.41) is 15.3. The maximum atomic E-state index is 14.2. The van der Waals surface area contributed by atoms with Gasteiger partial charge in [-0.3, -0.25) is 4.79 Å². The van der Waals surface area contributed by atoms with Crippen molar-refractivity contribution < 1.29 is 14.3 Å². The van der Waals surface area contributed by atoms with Crippen LogP contribution in [0.15, 0.2) is 61.1 Å². The number of likely N-dealkylation sites (tertiary alicyclic amines) is 1. The summed E-state index contributed by atoms with van der Waals surface area (Å²) in [6.45, 7) is 2.29. The van der Waals surface area contributed by atoms with Crippen molar-refractivity contribution in [3.63, 3.8) is 0 Å². The molecule has 1 atom stereocenters. The molecule has 2 aliphatic heterocycles. The quantitative estimate of drug-likeness (QED) is 0.412. The molecular weight excluding hydrogens is 473 g/mol. The van der Waals surface area contributed by atoms with Crippen LogP contribution in [-0.2, 0) is 11.2 Å². The minimum Gasteiger partial charge on any atom is -0.508 e. The summed E-state index contributed by atoms with van der Waals surface area (Å²) >= 11 is 0. The standard InChI is InChI=1S/C27H26FN7O2/c28-19-11-18(13-21(36)14-19)25-24-26(29)30-16-31-27(24)35(32-25)20-12-17-5-1-2-6-22(17)34(15-20)23(37)7-10-33-8-3-4-9-33/h1-2,5-7,10-11,13-14,16,20,36H,3-4,8-9,12,15H2,(H2,29,30,31). The Bertz CT molecular complexity index is 1510. The zero-order valence-electron chi connectivity index (χ0n) is 20.1. The zero-order valence-corrected chi connectivity index (χ0v) is 20.1. The van der Waals surface area contributed by atoms with Crippen LogP contribution in [-0.4, -0.2) is 55.3 Å². The first-order chi connectivity index (χ1) is 18.0. The van der Waals surface area contributed by atoms with Crippen LogP contribution in [0.4, 0.5) is 15.9 Å². The first-order valence-corrected chi connectivity index (χ1v) is 12.3. The van der Waals surface area contributed by atoms with E-state index < -0.39 is 5.82 Å². The second kappa shape index (κ2) is 9.20. The Balaban J connectivity index is 1.42. The van der Waals surface area contributed by atoms with Crippen LogP contribution in [0.25, 0.3) is 22.3 Å². The van der Waals surface area contributed by atoms with Gasteiger partial charge in [0.1, 0.15) is 29.4 Å². The van der Waals surface area contributed by atoms with Gasteiger partial charge in [0.05, 0.1) is 11.4 Å². The Morgan fingerprint density at radius 1 is 1.14 bits per heavy atom. The first-order valence-electron chi connectivity index (χ1n) is 12.3. The highest BCUT2D eigenvalue weighted by Gasteiger charge is 2.31. The second-order valence-electron chi connectivity index (χ2n) is 9.44. The van der Waals surface area contributed by atoms with Crippen molar-refractivity contribution in [1.29, 1.82) is 0 Å². The topological polar surface area (TPSA) is 113 Å². The number of hydrogen-bond acceptors (Lipinski definition) is 7. The van der Waals surface area contributed by atoms with Crippen molar-refractivity contribution in [1.82, 2.24) is 24.6 Å². The molecule has 1 fully saturated rings. The summed E-state index contributed by atoms with van der Waals surface area (Å²) in [4.78, 5) is 25.9. The molecule has 2 aliphatic rings. The highest BCUT2D eigenvalue weighted by Crippen LogP contribution is 2.37. The number of fused-ring (bicyclic) bond motifs is 2. The average molecular weight is 500 g/mol. The number of nitrogens with two attached hydrogens (primary N) is 1. The minimum absolute atomic E-state index is 0.107. The lowest BCUT2D eigenvalue weighted by molar-refractivity contribution is -0.114. The van der Waals surface area contributed by atoms with E-state index in [2.05, 4.69) is 14.9 Å². The minimum atomic E-state index is -0.596. The van der Waals surface area contributed by atoms with Crippen LogP contribution >= 0.6 is 0 Å². The smallest absolute Gasteiger partial charge is 0.252 e. The number of aromatic hydroxyl groups is 1. The van der Waals surface area contributed by atoms with Crippen molar-refractivity contribution in [2.45, 2.75) is 25.3 Å². The number of anilines is 2. The number of carbonyl (C=O) groups is 1. The van der Waals surface area contributed by atoms with Gasteiger partial charge in [0.25, 0.3) is 5.91 Å². The number of rotatable bonds is 4. The van der Waals surface area contributed by atoms with E-state index in [0.29, 0.717) is 35.3 Å². The molecule has 0 bridgehead atoms. The Kier molecular flexibility index (Phi) is 5.71. The Labute approximate surface area is 212 Å².